The van der Waals surface area contributed by atoms with Crippen LogP contribution in [0.15, 0.2) is 0 Å². The molecule has 1 saturated carbocycles. The highest BCUT2D eigenvalue weighted by Gasteiger charge is 2.27. The van der Waals surface area contributed by atoms with Gasteiger partial charge in [0.1, 0.15) is 0 Å². The molecule has 2 rings (SSSR count). The molecule has 1 saturated heterocycles. The molecule has 1 aliphatic carbocycles. The zero-order valence-electron chi connectivity index (χ0n) is 11.9. The minimum Gasteiger partial charge on any atom is -0.317 e. The average Bonchev–Trinajstić information content (AvgIpc) is 2.78. The van der Waals surface area contributed by atoms with Crippen molar-refractivity contribution in [2.45, 2.75) is 52.0 Å². The van der Waals surface area contributed by atoms with Crippen LogP contribution in [0.4, 0.5) is 0 Å². The van der Waals surface area contributed by atoms with Crippen LogP contribution in [0.1, 0.15) is 46.0 Å². The summed E-state index contributed by atoms with van der Waals surface area (Å²) in [7, 11) is 2.13. The van der Waals surface area contributed by atoms with Crippen LogP contribution in [0.25, 0.3) is 0 Å². The molecular formula is C15H30N2. The Kier molecular flexibility index (Phi) is 4.87. The van der Waals surface area contributed by atoms with Gasteiger partial charge in [0.15, 0.2) is 0 Å². The fourth-order valence-corrected chi connectivity index (χ4v) is 3.66. The summed E-state index contributed by atoms with van der Waals surface area (Å²) in [4.78, 5) is 2.70. The van der Waals surface area contributed by atoms with Crippen LogP contribution in [0.5, 0.6) is 0 Å². The molecule has 4 atom stereocenters. The average molecular weight is 238 g/mol. The predicted octanol–water partition coefficient (Wildman–Crippen LogP) is 2.74. The van der Waals surface area contributed by atoms with Crippen molar-refractivity contribution in [3.05, 3.63) is 0 Å². The first-order valence-corrected chi connectivity index (χ1v) is 7.60. The largest absolute Gasteiger partial charge is 0.317 e. The van der Waals surface area contributed by atoms with Gasteiger partial charge in [0.05, 0.1) is 0 Å². The summed E-state index contributed by atoms with van der Waals surface area (Å²) in [6.45, 7) is 8.83. The lowest BCUT2D eigenvalue weighted by molar-refractivity contribution is 0.129. The second-order valence-electron chi connectivity index (χ2n) is 6.42. The van der Waals surface area contributed by atoms with E-state index in [2.05, 4.69) is 31.1 Å². The molecule has 1 N–H and O–H groups in total. The topological polar surface area (TPSA) is 15.3 Å². The fraction of sp³-hybridized carbons (Fsp3) is 1.00. The quantitative estimate of drug-likeness (QED) is 0.810. The fourth-order valence-electron chi connectivity index (χ4n) is 3.66. The van der Waals surface area contributed by atoms with Crippen LogP contribution in [-0.2, 0) is 0 Å². The van der Waals surface area contributed by atoms with E-state index in [1.165, 1.54) is 51.7 Å². The highest BCUT2D eigenvalue weighted by molar-refractivity contribution is 4.83. The van der Waals surface area contributed by atoms with Crippen LogP contribution in [0.3, 0.4) is 0 Å². The first kappa shape index (κ1) is 13.4. The van der Waals surface area contributed by atoms with E-state index in [4.69, 9.17) is 0 Å². The van der Waals surface area contributed by atoms with Gasteiger partial charge in [-0.2, -0.15) is 0 Å². The first-order valence-electron chi connectivity index (χ1n) is 7.60. The Morgan fingerprint density at radius 1 is 1.12 bits per heavy atom. The van der Waals surface area contributed by atoms with Crippen molar-refractivity contribution in [2.75, 3.05) is 26.7 Å². The van der Waals surface area contributed by atoms with E-state index in [0.717, 1.165) is 23.8 Å². The zero-order chi connectivity index (χ0) is 12.3. The molecule has 2 fully saturated rings. The Morgan fingerprint density at radius 3 is 2.65 bits per heavy atom. The second-order valence-corrected chi connectivity index (χ2v) is 6.42. The summed E-state index contributed by atoms with van der Waals surface area (Å²) < 4.78 is 0. The number of piperidine rings is 1. The predicted molar refractivity (Wildman–Crippen MR) is 74.2 cm³/mol. The molecule has 2 nitrogen and oxygen atoms in total. The monoisotopic (exact) mass is 238 g/mol. The van der Waals surface area contributed by atoms with Gasteiger partial charge in [-0.3, -0.25) is 0 Å². The highest BCUT2D eigenvalue weighted by atomic mass is 15.1. The number of nitrogens with zero attached hydrogens (tertiary/aromatic N) is 1. The molecule has 0 aromatic heterocycles. The van der Waals surface area contributed by atoms with Crippen molar-refractivity contribution in [3.8, 4) is 0 Å². The van der Waals surface area contributed by atoms with Gasteiger partial charge < -0.3 is 10.2 Å². The number of hydrogen-bond donors (Lipinski definition) is 1. The zero-order valence-corrected chi connectivity index (χ0v) is 11.9. The van der Waals surface area contributed by atoms with E-state index in [1.807, 2.05) is 0 Å². The molecule has 2 heteroatoms. The second kappa shape index (κ2) is 6.19. The van der Waals surface area contributed by atoms with E-state index >= 15 is 0 Å². The molecule has 0 spiro atoms. The molecule has 0 aromatic rings. The van der Waals surface area contributed by atoms with E-state index in [0.29, 0.717) is 0 Å². The highest BCUT2D eigenvalue weighted by Crippen LogP contribution is 2.29. The van der Waals surface area contributed by atoms with Crippen LogP contribution >= 0.6 is 0 Å². The summed E-state index contributed by atoms with van der Waals surface area (Å²) >= 11 is 0. The van der Waals surface area contributed by atoms with E-state index < -0.39 is 0 Å². The summed E-state index contributed by atoms with van der Waals surface area (Å²) in [6.07, 6.45) is 7.09. The lowest BCUT2D eigenvalue weighted by atomic mass is 9.88. The Hall–Kier alpha value is -0.0800. The number of rotatable bonds is 4. The number of likely N-dealkylation sites (tertiary alicyclic amines) is 1. The number of hydrogen-bond acceptors (Lipinski definition) is 2. The molecule has 0 amide bonds. The van der Waals surface area contributed by atoms with Gasteiger partial charge in [0.2, 0.25) is 0 Å². The van der Waals surface area contributed by atoms with E-state index in [-0.39, 0.29) is 0 Å². The lowest BCUT2D eigenvalue weighted by Crippen LogP contribution is -2.40. The maximum Gasteiger partial charge on any atom is 0.00928 e. The summed E-state index contributed by atoms with van der Waals surface area (Å²) in [5.74, 6) is 2.77. The summed E-state index contributed by atoms with van der Waals surface area (Å²) in [6, 6.07) is 0.802. The Bertz CT molecular complexity index is 229. The van der Waals surface area contributed by atoms with Crippen molar-refractivity contribution in [1.29, 1.82) is 0 Å². The van der Waals surface area contributed by atoms with Crippen molar-refractivity contribution in [1.82, 2.24) is 10.2 Å². The lowest BCUT2D eigenvalue weighted by Gasteiger charge is -2.36. The van der Waals surface area contributed by atoms with Gasteiger partial charge >= 0.3 is 0 Å². The van der Waals surface area contributed by atoms with E-state index in [1.54, 1.807) is 0 Å². The molecule has 100 valence electrons. The molecule has 0 radical (unpaired) electrons. The number of nitrogens with one attached hydrogen (secondary N) is 1. The van der Waals surface area contributed by atoms with Crippen molar-refractivity contribution in [3.63, 3.8) is 0 Å². The van der Waals surface area contributed by atoms with Crippen molar-refractivity contribution < 1.29 is 0 Å². The molecule has 2 aliphatic rings. The van der Waals surface area contributed by atoms with Crippen LogP contribution in [0.2, 0.25) is 0 Å². The van der Waals surface area contributed by atoms with Crippen molar-refractivity contribution in [2.24, 2.45) is 17.8 Å². The normalized spacial score (nSPS) is 39.7. The van der Waals surface area contributed by atoms with Gasteiger partial charge in [-0.25, -0.2) is 0 Å². The molecule has 4 unspecified atom stereocenters. The Balaban J connectivity index is 1.71. The third-order valence-corrected chi connectivity index (χ3v) is 5.26. The minimum absolute atomic E-state index is 0.802. The van der Waals surface area contributed by atoms with Crippen molar-refractivity contribution >= 4 is 0 Å². The van der Waals surface area contributed by atoms with Gasteiger partial charge in [-0.1, -0.05) is 20.3 Å². The van der Waals surface area contributed by atoms with Gasteiger partial charge in [0.25, 0.3) is 0 Å². The van der Waals surface area contributed by atoms with Crippen LogP contribution < -0.4 is 5.32 Å². The third-order valence-electron chi connectivity index (χ3n) is 5.26. The molecular weight excluding hydrogens is 208 g/mol. The SMILES string of the molecule is CNC1CCCC1CCN1CCC(C)C(C)C1. The standard InChI is InChI=1S/C15H30N2/c1-12-7-9-17(11-13(12)2)10-8-14-5-4-6-15(14)16-3/h12-16H,4-11H2,1-3H3. The van der Waals surface area contributed by atoms with Crippen LogP contribution in [-0.4, -0.2) is 37.6 Å². The minimum atomic E-state index is 0.802. The smallest absolute Gasteiger partial charge is 0.00928 e. The van der Waals surface area contributed by atoms with Gasteiger partial charge in [0, 0.05) is 12.6 Å². The summed E-state index contributed by atoms with van der Waals surface area (Å²) in [5.41, 5.74) is 0. The maximum atomic E-state index is 3.50. The maximum absolute atomic E-state index is 3.50. The summed E-state index contributed by atoms with van der Waals surface area (Å²) in [5, 5.41) is 3.50. The van der Waals surface area contributed by atoms with E-state index in [9.17, 15) is 0 Å². The molecule has 0 aromatic carbocycles. The molecule has 1 heterocycles. The van der Waals surface area contributed by atoms with Gasteiger partial charge in [-0.15, -0.1) is 0 Å². The first-order chi connectivity index (χ1) is 8.20. The third kappa shape index (κ3) is 3.45. The van der Waals surface area contributed by atoms with Crippen LogP contribution in [0, 0.1) is 17.8 Å². The Morgan fingerprint density at radius 2 is 1.94 bits per heavy atom. The molecule has 1 aliphatic heterocycles. The molecule has 17 heavy (non-hydrogen) atoms. The molecule has 0 bridgehead atoms. The Labute approximate surface area is 107 Å². The van der Waals surface area contributed by atoms with Gasteiger partial charge in [-0.05, 0) is 63.6 Å².